The van der Waals surface area contributed by atoms with Crippen LogP contribution in [0.15, 0.2) is 47.6 Å². The zero-order valence-electron chi connectivity index (χ0n) is 11.2. The second kappa shape index (κ2) is 6.40. The molecule has 0 aliphatic heterocycles. The smallest absolute Gasteiger partial charge is 0.260 e. The van der Waals surface area contributed by atoms with E-state index in [9.17, 15) is 8.42 Å². The summed E-state index contributed by atoms with van der Waals surface area (Å²) in [4.78, 5) is 3.87. The molecule has 0 saturated heterocycles. The summed E-state index contributed by atoms with van der Waals surface area (Å²) in [5.74, 6) is 5.31. The number of nitrogens with zero attached hydrogens (tertiary/aromatic N) is 1. The predicted octanol–water partition coefficient (Wildman–Crippen LogP) is 2.06. The number of pyridine rings is 1. The molecule has 0 bridgehead atoms. The third-order valence-corrected chi connectivity index (χ3v) is 4.60. The quantitative estimate of drug-likeness (QED) is 0.577. The number of benzene rings is 1. The summed E-state index contributed by atoms with van der Waals surface area (Å²) in [6.07, 6.45) is 1.39. The molecule has 21 heavy (non-hydrogen) atoms. The van der Waals surface area contributed by atoms with Gasteiger partial charge in [-0.25, -0.2) is 18.1 Å². The fourth-order valence-corrected chi connectivity index (χ4v) is 3.38. The van der Waals surface area contributed by atoms with Gasteiger partial charge < -0.3 is 5.43 Å². The number of hydrazine groups is 1. The number of hydrogen-bond acceptors (Lipinski definition) is 5. The van der Waals surface area contributed by atoms with Crippen LogP contribution in [0.3, 0.4) is 0 Å². The van der Waals surface area contributed by atoms with Gasteiger partial charge >= 0.3 is 0 Å². The van der Waals surface area contributed by atoms with Crippen molar-refractivity contribution < 1.29 is 8.42 Å². The number of anilines is 1. The standard InChI is InChI=1S/C13H15ClN4O2S/c1-9(10-4-2-5-11(14)8-10)18-21(19,20)13-12(17-15)6-3-7-16-13/h2-9,17-18H,15H2,1H3. The number of nitrogens with two attached hydrogens (primary N) is 1. The van der Waals surface area contributed by atoms with Crippen LogP contribution in [-0.4, -0.2) is 13.4 Å². The highest BCUT2D eigenvalue weighted by atomic mass is 35.5. The molecule has 0 amide bonds. The molecule has 0 saturated carbocycles. The third-order valence-electron chi connectivity index (χ3n) is 2.86. The highest BCUT2D eigenvalue weighted by molar-refractivity contribution is 7.89. The number of halogens is 1. The summed E-state index contributed by atoms with van der Waals surface area (Å²) in [6.45, 7) is 1.72. The lowest BCUT2D eigenvalue weighted by atomic mass is 10.1. The summed E-state index contributed by atoms with van der Waals surface area (Å²) in [6, 6.07) is 9.65. The topological polar surface area (TPSA) is 97.1 Å². The molecule has 2 aromatic rings. The zero-order valence-corrected chi connectivity index (χ0v) is 12.8. The lowest BCUT2D eigenvalue weighted by molar-refractivity contribution is 0.563. The predicted molar refractivity (Wildman–Crippen MR) is 82.2 cm³/mol. The number of aromatic nitrogens is 1. The van der Waals surface area contributed by atoms with E-state index in [4.69, 9.17) is 17.4 Å². The molecular formula is C13H15ClN4O2S. The van der Waals surface area contributed by atoms with Crippen molar-refractivity contribution in [3.8, 4) is 0 Å². The van der Waals surface area contributed by atoms with Crippen LogP contribution in [-0.2, 0) is 10.0 Å². The van der Waals surface area contributed by atoms with Gasteiger partial charge in [0.25, 0.3) is 10.0 Å². The molecule has 1 atom stereocenters. The number of nitrogens with one attached hydrogen (secondary N) is 2. The minimum atomic E-state index is -3.81. The molecule has 6 nitrogen and oxygen atoms in total. The van der Waals surface area contributed by atoms with Crippen molar-refractivity contribution in [2.45, 2.75) is 18.0 Å². The molecule has 1 aromatic heterocycles. The average Bonchev–Trinajstić information content (AvgIpc) is 2.46. The van der Waals surface area contributed by atoms with Crippen molar-refractivity contribution >= 4 is 27.3 Å². The van der Waals surface area contributed by atoms with E-state index < -0.39 is 16.1 Å². The fourth-order valence-electron chi connectivity index (χ4n) is 1.85. The summed E-state index contributed by atoms with van der Waals surface area (Å²) < 4.78 is 27.3. The van der Waals surface area contributed by atoms with Crippen molar-refractivity contribution in [2.75, 3.05) is 5.43 Å². The summed E-state index contributed by atoms with van der Waals surface area (Å²) in [7, 11) is -3.81. The zero-order chi connectivity index (χ0) is 15.5. The van der Waals surface area contributed by atoms with Gasteiger partial charge in [0, 0.05) is 17.3 Å². The molecule has 0 aliphatic carbocycles. The summed E-state index contributed by atoms with van der Waals surface area (Å²) >= 11 is 5.91. The molecule has 0 aliphatic rings. The largest absolute Gasteiger partial charge is 0.321 e. The highest BCUT2D eigenvalue weighted by Crippen LogP contribution is 2.22. The normalized spacial score (nSPS) is 12.9. The van der Waals surface area contributed by atoms with Crippen molar-refractivity contribution in [1.29, 1.82) is 0 Å². The van der Waals surface area contributed by atoms with E-state index in [1.54, 1.807) is 37.3 Å². The average molecular weight is 327 g/mol. The SMILES string of the molecule is CC(NS(=O)(=O)c1ncccc1NN)c1cccc(Cl)c1. The molecule has 4 N–H and O–H groups in total. The lowest BCUT2D eigenvalue weighted by Gasteiger charge is -2.16. The van der Waals surface area contributed by atoms with Crippen LogP contribution in [0.1, 0.15) is 18.5 Å². The Labute approximate surface area is 128 Å². The molecular weight excluding hydrogens is 312 g/mol. The number of sulfonamides is 1. The van der Waals surface area contributed by atoms with Gasteiger partial charge in [0.05, 0.1) is 5.69 Å². The molecule has 0 fully saturated rings. The maximum absolute atomic E-state index is 12.4. The van der Waals surface area contributed by atoms with E-state index in [0.717, 1.165) is 5.56 Å². The molecule has 1 aromatic carbocycles. The number of hydrogen-bond donors (Lipinski definition) is 3. The Bertz CT molecular complexity index is 736. The highest BCUT2D eigenvalue weighted by Gasteiger charge is 2.22. The Morgan fingerprint density at radius 3 is 2.71 bits per heavy atom. The molecule has 1 heterocycles. The van der Waals surface area contributed by atoms with Crippen LogP contribution in [0, 0.1) is 0 Å². The summed E-state index contributed by atoms with van der Waals surface area (Å²) in [5.41, 5.74) is 3.30. The molecule has 8 heteroatoms. The molecule has 112 valence electrons. The van der Waals surface area contributed by atoms with Gasteiger partial charge in [-0.1, -0.05) is 23.7 Å². The second-order valence-electron chi connectivity index (χ2n) is 4.40. The van der Waals surface area contributed by atoms with Gasteiger partial charge in [-0.15, -0.1) is 0 Å². The second-order valence-corrected chi connectivity index (χ2v) is 6.46. The van der Waals surface area contributed by atoms with Gasteiger partial charge in [-0.3, -0.25) is 5.84 Å². The van der Waals surface area contributed by atoms with E-state index >= 15 is 0 Å². The van der Waals surface area contributed by atoms with Crippen LogP contribution in [0.4, 0.5) is 5.69 Å². The van der Waals surface area contributed by atoms with Crippen molar-refractivity contribution in [2.24, 2.45) is 5.84 Å². The first-order chi connectivity index (χ1) is 9.94. The van der Waals surface area contributed by atoms with E-state index in [1.165, 1.54) is 12.3 Å². The van der Waals surface area contributed by atoms with Gasteiger partial charge in [-0.05, 0) is 36.8 Å². The first-order valence-electron chi connectivity index (χ1n) is 6.13. The molecule has 0 radical (unpaired) electrons. The Morgan fingerprint density at radius 1 is 1.29 bits per heavy atom. The monoisotopic (exact) mass is 326 g/mol. The van der Waals surface area contributed by atoms with E-state index in [1.807, 2.05) is 0 Å². The van der Waals surface area contributed by atoms with Gasteiger partial charge in [-0.2, -0.15) is 0 Å². The van der Waals surface area contributed by atoms with Crippen LogP contribution in [0.5, 0.6) is 0 Å². The van der Waals surface area contributed by atoms with Gasteiger partial charge in [0.1, 0.15) is 0 Å². The maximum Gasteiger partial charge on any atom is 0.260 e. The van der Waals surface area contributed by atoms with Gasteiger partial charge in [0.2, 0.25) is 0 Å². The first kappa shape index (κ1) is 15.7. The van der Waals surface area contributed by atoms with Crippen LogP contribution in [0.25, 0.3) is 0 Å². The maximum atomic E-state index is 12.4. The Balaban J connectivity index is 2.29. The van der Waals surface area contributed by atoms with E-state index in [-0.39, 0.29) is 10.7 Å². The van der Waals surface area contributed by atoms with Crippen molar-refractivity contribution in [3.63, 3.8) is 0 Å². The van der Waals surface area contributed by atoms with Crippen LogP contribution in [0.2, 0.25) is 5.02 Å². The Hall–Kier alpha value is -1.67. The van der Waals surface area contributed by atoms with Crippen LogP contribution >= 0.6 is 11.6 Å². The fraction of sp³-hybridized carbons (Fsp3) is 0.154. The molecule has 1 unspecified atom stereocenters. The first-order valence-corrected chi connectivity index (χ1v) is 7.99. The van der Waals surface area contributed by atoms with Crippen LogP contribution < -0.4 is 16.0 Å². The summed E-state index contributed by atoms with van der Waals surface area (Å²) in [5, 5.41) is 0.391. The number of rotatable bonds is 5. The van der Waals surface area contributed by atoms with Crippen molar-refractivity contribution in [1.82, 2.24) is 9.71 Å². The Kier molecular flexibility index (Phi) is 4.79. The lowest BCUT2D eigenvalue weighted by Crippen LogP contribution is -2.29. The van der Waals surface area contributed by atoms with E-state index in [2.05, 4.69) is 15.1 Å². The van der Waals surface area contributed by atoms with Gasteiger partial charge in [0.15, 0.2) is 5.03 Å². The molecule has 2 rings (SSSR count). The van der Waals surface area contributed by atoms with E-state index in [0.29, 0.717) is 5.02 Å². The Morgan fingerprint density at radius 2 is 2.05 bits per heavy atom. The van der Waals surface area contributed by atoms with Crippen molar-refractivity contribution in [3.05, 3.63) is 53.2 Å². The number of nitrogen functional groups attached to an aromatic ring is 1. The minimum Gasteiger partial charge on any atom is -0.321 e. The minimum absolute atomic E-state index is 0.152. The third kappa shape index (κ3) is 3.70. The molecule has 0 spiro atoms.